The van der Waals surface area contributed by atoms with Crippen LogP contribution in [0.3, 0.4) is 0 Å². The molecule has 6 heteroatoms. The molecule has 1 fully saturated rings. The number of sulfonamides is 1. The van der Waals surface area contributed by atoms with E-state index < -0.39 is 10.0 Å². The lowest BCUT2D eigenvalue weighted by atomic mass is 9.92. The summed E-state index contributed by atoms with van der Waals surface area (Å²) in [5.41, 5.74) is 7.07. The van der Waals surface area contributed by atoms with Gasteiger partial charge in [-0.3, -0.25) is 0 Å². The second-order valence-electron chi connectivity index (χ2n) is 6.32. The first kappa shape index (κ1) is 19.4. The Morgan fingerprint density at radius 3 is 2.00 bits per heavy atom. The van der Waals surface area contributed by atoms with Gasteiger partial charge in [0.2, 0.25) is 10.0 Å². The summed E-state index contributed by atoms with van der Waals surface area (Å²) in [6.45, 7) is 7.34. The first-order chi connectivity index (χ1) is 9.82. The Balaban J connectivity index is 0.00000242. The lowest BCUT2D eigenvalue weighted by molar-refractivity contribution is 0.250. The third-order valence-corrected chi connectivity index (χ3v) is 6.34. The first-order valence-electron chi connectivity index (χ1n) is 7.68. The van der Waals surface area contributed by atoms with E-state index in [0.717, 1.165) is 18.4 Å². The molecule has 0 saturated carbocycles. The van der Waals surface area contributed by atoms with Gasteiger partial charge in [0.05, 0.1) is 4.90 Å². The summed E-state index contributed by atoms with van der Waals surface area (Å²) in [6.07, 6.45) is 1.70. The van der Waals surface area contributed by atoms with Crippen molar-refractivity contribution in [3.8, 4) is 0 Å². The van der Waals surface area contributed by atoms with E-state index in [9.17, 15) is 8.42 Å². The molecule has 4 nitrogen and oxygen atoms in total. The van der Waals surface area contributed by atoms with Gasteiger partial charge < -0.3 is 5.73 Å². The van der Waals surface area contributed by atoms with Crippen LogP contribution in [0.15, 0.2) is 29.2 Å². The summed E-state index contributed by atoms with van der Waals surface area (Å²) < 4.78 is 26.9. The van der Waals surface area contributed by atoms with Gasteiger partial charge in [-0.2, -0.15) is 4.31 Å². The van der Waals surface area contributed by atoms with Crippen LogP contribution in [0.25, 0.3) is 0 Å². The van der Waals surface area contributed by atoms with Crippen molar-refractivity contribution < 1.29 is 8.42 Å². The number of nitrogens with zero attached hydrogens (tertiary/aromatic N) is 1. The normalized spacial score (nSPS) is 19.0. The van der Waals surface area contributed by atoms with Crippen LogP contribution in [0.5, 0.6) is 0 Å². The number of piperidine rings is 1. The highest BCUT2D eigenvalue weighted by molar-refractivity contribution is 7.89. The Morgan fingerprint density at radius 1 is 1.09 bits per heavy atom. The Labute approximate surface area is 140 Å². The fourth-order valence-corrected chi connectivity index (χ4v) is 4.29. The molecule has 1 aliphatic heterocycles. The summed E-state index contributed by atoms with van der Waals surface area (Å²) in [5.74, 6) is 0.836. The molecule has 1 atom stereocenters. The van der Waals surface area contributed by atoms with Crippen molar-refractivity contribution in [2.75, 3.05) is 13.1 Å². The molecule has 2 rings (SSSR count). The highest BCUT2D eigenvalue weighted by Gasteiger charge is 2.30. The molecule has 2 N–H and O–H groups in total. The van der Waals surface area contributed by atoms with Gasteiger partial charge in [0.1, 0.15) is 0 Å². The Kier molecular flexibility index (Phi) is 6.86. The lowest BCUT2D eigenvalue weighted by Crippen LogP contribution is -2.42. The second kappa shape index (κ2) is 7.77. The van der Waals surface area contributed by atoms with E-state index in [1.54, 1.807) is 16.4 Å². The SMILES string of the molecule is CC(C)c1ccc(S(=O)(=O)N2CCC(C(C)N)CC2)cc1.Cl. The number of rotatable bonds is 4. The molecule has 1 aromatic rings. The molecular formula is C16H27ClN2O2S. The van der Waals surface area contributed by atoms with Gasteiger partial charge in [0.15, 0.2) is 0 Å². The number of hydrogen-bond donors (Lipinski definition) is 1. The summed E-state index contributed by atoms with van der Waals surface area (Å²) in [4.78, 5) is 0.395. The zero-order chi connectivity index (χ0) is 15.6. The van der Waals surface area contributed by atoms with Gasteiger partial charge in [0.25, 0.3) is 0 Å². The molecule has 1 unspecified atom stereocenters. The third-order valence-electron chi connectivity index (χ3n) is 4.43. The highest BCUT2D eigenvalue weighted by atomic mass is 35.5. The molecule has 22 heavy (non-hydrogen) atoms. The zero-order valence-electron chi connectivity index (χ0n) is 13.5. The van der Waals surface area contributed by atoms with Crippen molar-refractivity contribution in [1.29, 1.82) is 0 Å². The van der Waals surface area contributed by atoms with Gasteiger partial charge in [-0.15, -0.1) is 12.4 Å². The predicted molar refractivity (Wildman–Crippen MR) is 92.9 cm³/mol. The Hall–Kier alpha value is -0.620. The van der Waals surface area contributed by atoms with Crippen molar-refractivity contribution in [1.82, 2.24) is 4.31 Å². The molecule has 0 aliphatic carbocycles. The number of nitrogens with two attached hydrogens (primary N) is 1. The van der Waals surface area contributed by atoms with E-state index in [4.69, 9.17) is 5.73 Å². The Bertz CT molecular complexity index is 562. The molecule has 1 heterocycles. The predicted octanol–water partition coefficient (Wildman–Crippen LogP) is 2.98. The summed E-state index contributed by atoms with van der Waals surface area (Å²) in [6, 6.07) is 7.41. The monoisotopic (exact) mass is 346 g/mol. The smallest absolute Gasteiger partial charge is 0.243 e. The fraction of sp³-hybridized carbons (Fsp3) is 0.625. The second-order valence-corrected chi connectivity index (χ2v) is 8.26. The van der Waals surface area contributed by atoms with Crippen molar-refractivity contribution in [2.45, 2.75) is 50.5 Å². The van der Waals surface area contributed by atoms with Gasteiger partial charge in [0, 0.05) is 19.1 Å². The van der Waals surface area contributed by atoms with Crippen LogP contribution in [-0.2, 0) is 10.0 Å². The molecule has 0 bridgehead atoms. The molecule has 0 amide bonds. The highest BCUT2D eigenvalue weighted by Crippen LogP contribution is 2.26. The fourth-order valence-electron chi connectivity index (χ4n) is 2.82. The van der Waals surface area contributed by atoms with E-state index in [-0.39, 0.29) is 18.4 Å². The van der Waals surface area contributed by atoms with E-state index in [2.05, 4.69) is 13.8 Å². The molecule has 0 radical (unpaired) electrons. The van der Waals surface area contributed by atoms with Gasteiger partial charge in [-0.05, 0) is 49.3 Å². The van der Waals surface area contributed by atoms with Crippen LogP contribution >= 0.6 is 12.4 Å². The summed E-state index contributed by atoms with van der Waals surface area (Å²) >= 11 is 0. The first-order valence-corrected chi connectivity index (χ1v) is 9.12. The molecule has 1 aromatic carbocycles. The molecule has 1 saturated heterocycles. The van der Waals surface area contributed by atoms with Crippen molar-refractivity contribution >= 4 is 22.4 Å². The topological polar surface area (TPSA) is 63.4 Å². The molecule has 1 aliphatic rings. The average Bonchev–Trinajstić information content (AvgIpc) is 2.47. The van der Waals surface area contributed by atoms with Gasteiger partial charge in [-0.1, -0.05) is 26.0 Å². The minimum atomic E-state index is -3.36. The lowest BCUT2D eigenvalue weighted by Gasteiger charge is -2.33. The number of hydrogen-bond acceptors (Lipinski definition) is 3. The van der Waals surface area contributed by atoms with Gasteiger partial charge >= 0.3 is 0 Å². The van der Waals surface area contributed by atoms with Crippen LogP contribution in [0, 0.1) is 5.92 Å². The van der Waals surface area contributed by atoms with Gasteiger partial charge in [-0.25, -0.2) is 8.42 Å². The maximum atomic E-state index is 12.6. The van der Waals surface area contributed by atoms with Crippen LogP contribution in [0.4, 0.5) is 0 Å². The Morgan fingerprint density at radius 2 is 1.59 bits per heavy atom. The molecule has 0 spiro atoms. The molecular weight excluding hydrogens is 320 g/mol. The van der Waals surface area contributed by atoms with Crippen LogP contribution < -0.4 is 5.73 Å². The number of benzene rings is 1. The maximum Gasteiger partial charge on any atom is 0.243 e. The average molecular weight is 347 g/mol. The molecule has 126 valence electrons. The maximum absolute atomic E-state index is 12.6. The van der Waals surface area contributed by atoms with E-state index in [1.165, 1.54) is 0 Å². The largest absolute Gasteiger partial charge is 0.328 e. The zero-order valence-corrected chi connectivity index (χ0v) is 15.2. The quantitative estimate of drug-likeness (QED) is 0.911. The minimum absolute atomic E-state index is 0. The van der Waals surface area contributed by atoms with Crippen molar-refractivity contribution in [2.24, 2.45) is 11.7 Å². The van der Waals surface area contributed by atoms with E-state index in [0.29, 0.717) is 29.8 Å². The van der Waals surface area contributed by atoms with Crippen molar-refractivity contribution in [3.05, 3.63) is 29.8 Å². The van der Waals surface area contributed by atoms with Crippen LogP contribution in [-0.4, -0.2) is 31.9 Å². The van der Waals surface area contributed by atoms with E-state index in [1.807, 2.05) is 19.1 Å². The summed E-state index contributed by atoms with van der Waals surface area (Å²) in [5, 5.41) is 0. The van der Waals surface area contributed by atoms with Crippen molar-refractivity contribution in [3.63, 3.8) is 0 Å². The molecule has 0 aromatic heterocycles. The number of halogens is 1. The minimum Gasteiger partial charge on any atom is -0.328 e. The van der Waals surface area contributed by atoms with E-state index >= 15 is 0 Å². The third kappa shape index (κ3) is 4.22. The van der Waals surface area contributed by atoms with Crippen LogP contribution in [0.2, 0.25) is 0 Å². The standard InChI is InChI=1S/C16H26N2O2S.ClH/c1-12(2)14-4-6-16(7-5-14)21(19,20)18-10-8-15(9-11-18)13(3)17;/h4-7,12-13,15H,8-11,17H2,1-3H3;1H. The summed E-state index contributed by atoms with van der Waals surface area (Å²) in [7, 11) is -3.36. The van der Waals surface area contributed by atoms with Crippen LogP contribution in [0.1, 0.15) is 45.1 Å².